The predicted octanol–water partition coefficient (Wildman–Crippen LogP) is 1.66. The van der Waals surface area contributed by atoms with Crippen LogP contribution in [0.4, 0.5) is 11.4 Å². The largest absolute Gasteiger partial charge is 0.371 e. The minimum atomic E-state index is 0.400. The molecule has 1 aromatic rings. The van der Waals surface area contributed by atoms with E-state index in [0.29, 0.717) is 12.6 Å². The van der Waals surface area contributed by atoms with Crippen LogP contribution in [-0.2, 0) is 0 Å². The van der Waals surface area contributed by atoms with Crippen molar-refractivity contribution in [3.63, 3.8) is 0 Å². The maximum atomic E-state index is 5.77. The van der Waals surface area contributed by atoms with Crippen molar-refractivity contribution in [2.45, 2.75) is 6.04 Å². The van der Waals surface area contributed by atoms with Gasteiger partial charge >= 0.3 is 0 Å². The molecule has 4 heteroatoms. The van der Waals surface area contributed by atoms with Gasteiger partial charge in [-0.1, -0.05) is 15.9 Å². The van der Waals surface area contributed by atoms with Gasteiger partial charge in [-0.2, -0.15) is 0 Å². The van der Waals surface area contributed by atoms with Crippen LogP contribution in [0.5, 0.6) is 0 Å². The molecule has 1 aromatic carbocycles. The van der Waals surface area contributed by atoms with Crippen molar-refractivity contribution in [1.82, 2.24) is 0 Å². The Hall–Kier alpha value is -0.740. The monoisotopic (exact) mass is 269 g/mol. The number of likely N-dealkylation sites (N-methyl/N-ethyl adjacent to an activating group) is 2. The molecule has 82 valence electrons. The van der Waals surface area contributed by atoms with E-state index in [4.69, 9.17) is 5.73 Å². The highest BCUT2D eigenvalue weighted by Gasteiger charge is 2.25. The molecular formula is C11H16BrN3. The topological polar surface area (TPSA) is 32.5 Å². The summed E-state index contributed by atoms with van der Waals surface area (Å²) < 4.78 is 1.11. The lowest BCUT2D eigenvalue weighted by atomic mass is 10.1. The van der Waals surface area contributed by atoms with Gasteiger partial charge in [0.05, 0.1) is 17.4 Å². The van der Waals surface area contributed by atoms with E-state index in [1.807, 2.05) is 0 Å². The van der Waals surface area contributed by atoms with Crippen molar-refractivity contribution in [2.75, 3.05) is 37.0 Å². The Morgan fingerprint density at radius 2 is 2.13 bits per heavy atom. The van der Waals surface area contributed by atoms with Crippen molar-refractivity contribution in [3.05, 3.63) is 22.7 Å². The first kappa shape index (κ1) is 10.8. The molecule has 2 rings (SSSR count). The summed E-state index contributed by atoms with van der Waals surface area (Å²) >= 11 is 3.50. The van der Waals surface area contributed by atoms with Gasteiger partial charge in [0.1, 0.15) is 0 Å². The van der Waals surface area contributed by atoms with Crippen molar-refractivity contribution >= 4 is 27.3 Å². The molecule has 1 aliphatic rings. The van der Waals surface area contributed by atoms with Crippen LogP contribution in [0.3, 0.4) is 0 Å². The first-order valence-electron chi connectivity index (χ1n) is 5.07. The van der Waals surface area contributed by atoms with Gasteiger partial charge in [-0.15, -0.1) is 0 Å². The molecule has 0 amide bonds. The zero-order valence-corrected chi connectivity index (χ0v) is 10.7. The molecule has 0 aliphatic carbocycles. The van der Waals surface area contributed by atoms with Gasteiger partial charge < -0.3 is 15.5 Å². The van der Waals surface area contributed by atoms with Crippen LogP contribution in [-0.4, -0.2) is 33.2 Å². The van der Waals surface area contributed by atoms with E-state index in [1.165, 1.54) is 11.4 Å². The predicted molar refractivity (Wildman–Crippen MR) is 68.7 cm³/mol. The molecule has 0 fully saturated rings. The molecule has 1 aliphatic heterocycles. The van der Waals surface area contributed by atoms with Crippen molar-refractivity contribution < 1.29 is 0 Å². The number of nitrogens with two attached hydrogens (primary N) is 1. The minimum absolute atomic E-state index is 0.400. The molecule has 0 spiro atoms. The molecule has 1 atom stereocenters. The molecule has 0 aromatic heterocycles. The Labute approximate surface area is 99.0 Å². The number of hydrogen-bond acceptors (Lipinski definition) is 3. The fraction of sp³-hybridized carbons (Fsp3) is 0.455. The normalized spacial score (nSPS) is 20.4. The highest BCUT2D eigenvalue weighted by Crippen LogP contribution is 2.35. The molecule has 15 heavy (non-hydrogen) atoms. The number of halogens is 1. The minimum Gasteiger partial charge on any atom is -0.371 e. The van der Waals surface area contributed by atoms with Crippen LogP contribution in [0.15, 0.2) is 22.7 Å². The van der Waals surface area contributed by atoms with Gasteiger partial charge in [0.2, 0.25) is 0 Å². The standard InChI is InChI=1S/C11H16BrN3/c1-14-7-9(6-13)15(2)11-5-8(12)3-4-10(11)14/h3-5,9H,6-7,13H2,1-2H3. The fourth-order valence-electron chi connectivity index (χ4n) is 2.07. The van der Waals surface area contributed by atoms with Crippen molar-refractivity contribution in [3.8, 4) is 0 Å². The van der Waals surface area contributed by atoms with Crippen LogP contribution >= 0.6 is 15.9 Å². The Balaban J connectivity index is 2.45. The van der Waals surface area contributed by atoms with Crippen LogP contribution in [0.1, 0.15) is 0 Å². The van der Waals surface area contributed by atoms with Gasteiger partial charge in [-0.25, -0.2) is 0 Å². The lowest BCUT2D eigenvalue weighted by molar-refractivity contribution is 0.609. The average Bonchev–Trinajstić information content (AvgIpc) is 2.23. The maximum absolute atomic E-state index is 5.77. The average molecular weight is 270 g/mol. The summed E-state index contributed by atoms with van der Waals surface area (Å²) in [4.78, 5) is 4.53. The summed E-state index contributed by atoms with van der Waals surface area (Å²) in [6, 6.07) is 6.76. The number of nitrogens with zero attached hydrogens (tertiary/aromatic N) is 2. The number of anilines is 2. The van der Waals surface area contributed by atoms with Gasteiger partial charge in [-0.3, -0.25) is 0 Å². The summed E-state index contributed by atoms with van der Waals surface area (Å²) in [5.74, 6) is 0. The Bertz CT molecular complexity index is 367. The van der Waals surface area contributed by atoms with Gasteiger partial charge in [0.25, 0.3) is 0 Å². The van der Waals surface area contributed by atoms with E-state index < -0.39 is 0 Å². The molecule has 0 radical (unpaired) electrons. The molecule has 0 bridgehead atoms. The fourth-order valence-corrected chi connectivity index (χ4v) is 2.42. The third-order valence-corrected chi connectivity index (χ3v) is 3.53. The Kier molecular flexibility index (Phi) is 2.89. The zero-order valence-electron chi connectivity index (χ0n) is 9.07. The first-order valence-corrected chi connectivity index (χ1v) is 5.86. The quantitative estimate of drug-likeness (QED) is 0.842. The smallest absolute Gasteiger partial charge is 0.0616 e. The summed E-state index contributed by atoms with van der Waals surface area (Å²) in [5.41, 5.74) is 8.28. The van der Waals surface area contributed by atoms with E-state index in [9.17, 15) is 0 Å². The van der Waals surface area contributed by atoms with E-state index in [0.717, 1.165) is 11.0 Å². The van der Waals surface area contributed by atoms with E-state index in [1.54, 1.807) is 0 Å². The SMILES string of the molecule is CN1CC(CN)N(C)c2cc(Br)ccc21. The van der Waals surface area contributed by atoms with Crippen molar-refractivity contribution in [2.24, 2.45) is 5.73 Å². The molecule has 3 nitrogen and oxygen atoms in total. The van der Waals surface area contributed by atoms with Crippen LogP contribution in [0, 0.1) is 0 Å². The maximum Gasteiger partial charge on any atom is 0.0616 e. The van der Waals surface area contributed by atoms with Gasteiger partial charge in [0, 0.05) is 31.7 Å². The summed E-state index contributed by atoms with van der Waals surface area (Å²) in [5, 5.41) is 0. The zero-order chi connectivity index (χ0) is 11.0. The van der Waals surface area contributed by atoms with E-state index >= 15 is 0 Å². The second-order valence-corrected chi connectivity index (χ2v) is 4.93. The number of hydrogen-bond donors (Lipinski definition) is 1. The van der Waals surface area contributed by atoms with Gasteiger partial charge in [-0.05, 0) is 18.2 Å². The highest BCUT2D eigenvalue weighted by atomic mass is 79.9. The molecular weight excluding hydrogens is 254 g/mol. The molecule has 2 N–H and O–H groups in total. The van der Waals surface area contributed by atoms with Gasteiger partial charge in [0.15, 0.2) is 0 Å². The van der Waals surface area contributed by atoms with Crippen LogP contribution in [0.25, 0.3) is 0 Å². The summed E-state index contributed by atoms with van der Waals surface area (Å²) in [6.07, 6.45) is 0. The lowest BCUT2D eigenvalue weighted by Gasteiger charge is -2.41. The van der Waals surface area contributed by atoms with Crippen LogP contribution in [0.2, 0.25) is 0 Å². The molecule has 0 saturated carbocycles. The third-order valence-electron chi connectivity index (χ3n) is 3.03. The van der Waals surface area contributed by atoms with Crippen molar-refractivity contribution in [1.29, 1.82) is 0 Å². The Morgan fingerprint density at radius 3 is 2.80 bits per heavy atom. The molecule has 1 heterocycles. The molecule has 1 unspecified atom stereocenters. The summed E-state index contributed by atoms with van der Waals surface area (Å²) in [6.45, 7) is 1.68. The summed E-state index contributed by atoms with van der Waals surface area (Å²) in [7, 11) is 4.22. The third kappa shape index (κ3) is 1.84. The highest BCUT2D eigenvalue weighted by molar-refractivity contribution is 9.10. The first-order chi connectivity index (χ1) is 7.13. The number of rotatable bonds is 1. The number of benzene rings is 1. The van der Waals surface area contributed by atoms with E-state index in [-0.39, 0.29) is 0 Å². The Morgan fingerprint density at radius 1 is 1.40 bits per heavy atom. The second kappa shape index (κ2) is 4.02. The lowest BCUT2D eigenvalue weighted by Crippen LogP contribution is -2.49. The molecule has 0 saturated heterocycles. The second-order valence-electron chi connectivity index (χ2n) is 4.01. The number of fused-ring (bicyclic) bond motifs is 1. The van der Waals surface area contributed by atoms with Crippen LogP contribution < -0.4 is 15.5 Å². The van der Waals surface area contributed by atoms with E-state index in [2.05, 4.69) is 58.0 Å².